The number of aliphatic hydroxyl groups excluding tert-OH is 1. The van der Waals surface area contributed by atoms with Crippen LogP contribution in [0.15, 0.2) is 36.4 Å². The summed E-state index contributed by atoms with van der Waals surface area (Å²) in [7, 11) is 2.20. The van der Waals surface area contributed by atoms with Crippen molar-refractivity contribution in [3.8, 4) is 11.5 Å². The molecule has 128 valence electrons. The van der Waals surface area contributed by atoms with Gasteiger partial charge in [0.2, 0.25) is 0 Å². The average Bonchev–Trinajstić information content (AvgIpc) is 2.98. The maximum atomic E-state index is 10.9. The molecule has 0 amide bonds. The van der Waals surface area contributed by atoms with Crippen molar-refractivity contribution in [3.63, 3.8) is 0 Å². The first-order valence-electron chi connectivity index (χ1n) is 9.13. The number of ether oxygens (including phenoxy) is 1. The number of benzene rings is 2. The van der Waals surface area contributed by atoms with Crippen molar-refractivity contribution in [1.29, 1.82) is 0 Å². The Labute approximate surface area is 146 Å². The van der Waals surface area contributed by atoms with E-state index in [0.717, 1.165) is 30.2 Å². The second-order valence-electron chi connectivity index (χ2n) is 8.06. The molecule has 0 radical (unpaired) electrons. The van der Waals surface area contributed by atoms with E-state index in [1.807, 2.05) is 24.3 Å². The Hall–Kier alpha value is -2.04. The van der Waals surface area contributed by atoms with Crippen molar-refractivity contribution in [2.45, 2.75) is 36.5 Å². The topological polar surface area (TPSA) is 52.9 Å². The Morgan fingerprint density at radius 2 is 2.00 bits per heavy atom. The highest BCUT2D eigenvalue weighted by Crippen LogP contribution is 2.63. The second-order valence-corrected chi connectivity index (χ2v) is 8.06. The molecule has 2 aliphatic heterocycles. The third-order valence-electron chi connectivity index (χ3n) is 7.16. The number of rotatable bonds is 0. The number of hydrogen-bond acceptors (Lipinski definition) is 4. The zero-order valence-corrected chi connectivity index (χ0v) is 14.1. The Kier molecular flexibility index (Phi) is 2.48. The number of aromatic hydroxyl groups is 1. The van der Waals surface area contributed by atoms with Crippen LogP contribution in [0, 0.1) is 5.92 Å². The molecule has 2 aromatic carbocycles. The third-order valence-corrected chi connectivity index (χ3v) is 7.16. The van der Waals surface area contributed by atoms with Gasteiger partial charge in [-0.15, -0.1) is 0 Å². The summed E-state index contributed by atoms with van der Waals surface area (Å²) >= 11 is 0. The summed E-state index contributed by atoms with van der Waals surface area (Å²) in [5.41, 5.74) is 2.27. The van der Waals surface area contributed by atoms with E-state index < -0.39 is 6.10 Å². The zero-order chi connectivity index (χ0) is 16.9. The molecule has 4 aliphatic rings. The van der Waals surface area contributed by atoms with Gasteiger partial charge in [0.25, 0.3) is 0 Å². The minimum atomic E-state index is -0.624. The molecule has 25 heavy (non-hydrogen) atoms. The maximum Gasteiger partial charge on any atom is 0.166 e. The Balaban J connectivity index is 1.77. The van der Waals surface area contributed by atoms with Crippen LogP contribution in [0.4, 0.5) is 0 Å². The van der Waals surface area contributed by atoms with Gasteiger partial charge in [-0.3, -0.25) is 0 Å². The van der Waals surface area contributed by atoms with E-state index in [4.69, 9.17) is 4.74 Å². The molecule has 2 aliphatic carbocycles. The van der Waals surface area contributed by atoms with Crippen LogP contribution in [-0.4, -0.2) is 47.0 Å². The lowest BCUT2D eigenvalue weighted by Gasteiger charge is -2.56. The van der Waals surface area contributed by atoms with Crippen molar-refractivity contribution in [2.24, 2.45) is 5.92 Å². The number of phenols is 1. The van der Waals surface area contributed by atoms with Gasteiger partial charge in [0.05, 0.1) is 0 Å². The largest absolute Gasteiger partial charge is 0.504 e. The van der Waals surface area contributed by atoms with Crippen molar-refractivity contribution >= 4 is 10.8 Å². The predicted octanol–water partition coefficient (Wildman–Crippen LogP) is 2.35. The predicted molar refractivity (Wildman–Crippen MR) is 95.1 cm³/mol. The number of likely N-dealkylation sites (tertiary alicyclic amines) is 1. The van der Waals surface area contributed by atoms with Crippen molar-refractivity contribution in [3.05, 3.63) is 47.5 Å². The summed E-state index contributed by atoms with van der Waals surface area (Å²) in [6.07, 6.45) is 5.09. The van der Waals surface area contributed by atoms with E-state index in [1.165, 1.54) is 11.1 Å². The van der Waals surface area contributed by atoms with Gasteiger partial charge in [-0.25, -0.2) is 0 Å². The smallest absolute Gasteiger partial charge is 0.166 e. The molecule has 0 saturated carbocycles. The van der Waals surface area contributed by atoms with Gasteiger partial charge in [0.15, 0.2) is 11.5 Å². The van der Waals surface area contributed by atoms with E-state index in [-0.39, 0.29) is 17.3 Å². The highest BCUT2D eigenvalue weighted by molar-refractivity contribution is 5.96. The average molecular weight is 335 g/mol. The summed E-state index contributed by atoms with van der Waals surface area (Å²) in [5.74, 6) is 1.19. The van der Waals surface area contributed by atoms with E-state index in [9.17, 15) is 10.2 Å². The summed E-state index contributed by atoms with van der Waals surface area (Å²) in [6, 6.07) is 8.48. The molecule has 6 rings (SSSR count). The van der Waals surface area contributed by atoms with Crippen LogP contribution >= 0.6 is 0 Å². The van der Waals surface area contributed by atoms with Crippen LogP contribution in [0.25, 0.3) is 10.8 Å². The van der Waals surface area contributed by atoms with Crippen LogP contribution in [0.5, 0.6) is 11.5 Å². The fourth-order valence-electron chi connectivity index (χ4n) is 6.09. The summed E-state index contributed by atoms with van der Waals surface area (Å²) in [6.45, 7) is 0.994. The molecule has 4 nitrogen and oxygen atoms in total. The SMILES string of the molecule is CN1CC[C@@]23c4c5c(O)c6ccccc6c4C[C@@H]1[C@@H]2C=C[C@H](O)[C@@H]3O5. The van der Waals surface area contributed by atoms with Gasteiger partial charge in [-0.2, -0.15) is 0 Å². The lowest BCUT2D eigenvalue weighted by Crippen LogP contribution is -2.64. The lowest BCUT2D eigenvalue weighted by molar-refractivity contribution is -0.0452. The van der Waals surface area contributed by atoms with E-state index in [2.05, 4.69) is 24.1 Å². The van der Waals surface area contributed by atoms with E-state index in [0.29, 0.717) is 17.7 Å². The molecule has 2 N–H and O–H groups in total. The minimum absolute atomic E-state index is 0.213. The van der Waals surface area contributed by atoms with Crippen molar-refractivity contribution < 1.29 is 14.9 Å². The first-order valence-corrected chi connectivity index (χ1v) is 9.13. The number of piperidine rings is 1. The Morgan fingerprint density at radius 3 is 2.84 bits per heavy atom. The van der Waals surface area contributed by atoms with Crippen LogP contribution in [0.1, 0.15) is 17.5 Å². The number of phenolic OH excluding ortho intramolecular Hbond substituents is 1. The lowest BCUT2D eigenvalue weighted by atomic mass is 9.53. The first-order chi connectivity index (χ1) is 12.1. The number of aliphatic hydroxyl groups is 1. The standard InChI is InChI=1S/C21H21NO3/c1-22-9-8-21-14-6-7-16(23)20(21)25-19-17(21)13(10-15(14)22)11-4-2-3-5-12(11)18(19)24/h2-7,14-16,20,23-24H,8-10H2,1H3/t14-,15+,16-,20-,21-/m0/s1. The number of likely N-dealkylation sites (N-methyl/N-ethyl adjacent to an activating group) is 1. The normalized spacial score (nSPS) is 37.8. The second kappa shape index (κ2) is 4.37. The summed E-state index contributed by atoms with van der Waals surface area (Å²) in [5, 5.41) is 23.6. The number of hydrogen-bond donors (Lipinski definition) is 2. The fourth-order valence-corrected chi connectivity index (χ4v) is 6.09. The minimum Gasteiger partial charge on any atom is -0.504 e. The van der Waals surface area contributed by atoms with Gasteiger partial charge < -0.3 is 19.8 Å². The molecule has 1 saturated heterocycles. The molecule has 1 spiro atoms. The van der Waals surface area contributed by atoms with Crippen molar-refractivity contribution in [1.82, 2.24) is 4.90 Å². The first kappa shape index (κ1) is 14.2. The summed E-state index contributed by atoms with van der Waals surface area (Å²) < 4.78 is 6.30. The molecule has 0 unspecified atom stereocenters. The zero-order valence-electron chi connectivity index (χ0n) is 14.1. The molecule has 4 heteroatoms. The van der Waals surface area contributed by atoms with Crippen LogP contribution < -0.4 is 4.74 Å². The Bertz CT molecular complexity index is 952. The number of fused-ring (bicyclic) bond motifs is 2. The summed E-state index contributed by atoms with van der Waals surface area (Å²) in [4.78, 5) is 2.46. The monoisotopic (exact) mass is 335 g/mol. The van der Waals surface area contributed by atoms with E-state index >= 15 is 0 Å². The highest BCUT2D eigenvalue weighted by atomic mass is 16.5. The molecule has 2 aromatic rings. The molecule has 2 heterocycles. The molecule has 0 aromatic heterocycles. The van der Waals surface area contributed by atoms with Crippen molar-refractivity contribution in [2.75, 3.05) is 13.6 Å². The van der Waals surface area contributed by atoms with Crippen LogP contribution in [0.2, 0.25) is 0 Å². The van der Waals surface area contributed by atoms with Gasteiger partial charge in [0, 0.05) is 28.3 Å². The molecular weight excluding hydrogens is 314 g/mol. The van der Waals surface area contributed by atoms with E-state index in [1.54, 1.807) is 0 Å². The quantitative estimate of drug-likeness (QED) is 0.726. The highest BCUT2D eigenvalue weighted by Gasteiger charge is 2.64. The van der Waals surface area contributed by atoms with Crippen LogP contribution in [0.3, 0.4) is 0 Å². The third kappa shape index (κ3) is 1.44. The molecule has 1 fully saturated rings. The van der Waals surface area contributed by atoms with Gasteiger partial charge >= 0.3 is 0 Å². The fraction of sp³-hybridized carbons (Fsp3) is 0.429. The van der Waals surface area contributed by atoms with Gasteiger partial charge in [-0.05, 0) is 37.4 Å². The Morgan fingerprint density at radius 1 is 1.20 bits per heavy atom. The van der Waals surface area contributed by atoms with Gasteiger partial charge in [-0.1, -0.05) is 36.4 Å². The van der Waals surface area contributed by atoms with Gasteiger partial charge in [0.1, 0.15) is 12.2 Å². The maximum absolute atomic E-state index is 10.9. The molecule has 5 atom stereocenters. The molecular formula is C21H21NO3. The molecule has 2 bridgehead atoms. The van der Waals surface area contributed by atoms with Crippen LogP contribution in [-0.2, 0) is 11.8 Å². The number of nitrogens with zero attached hydrogens (tertiary/aromatic N) is 1.